The van der Waals surface area contributed by atoms with Crippen LogP contribution in [0.15, 0.2) is 0 Å². The first-order valence-electron chi connectivity index (χ1n) is 5.63. The summed E-state index contributed by atoms with van der Waals surface area (Å²) < 4.78 is 4.94. The van der Waals surface area contributed by atoms with Gasteiger partial charge in [-0.3, -0.25) is 0 Å². The molecule has 0 aliphatic carbocycles. The van der Waals surface area contributed by atoms with Gasteiger partial charge in [-0.05, 0) is 30.6 Å². The fourth-order valence-electron chi connectivity index (χ4n) is 1.28. The number of rotatable bonds is 2. The Morgan fingerprint density at radius 1 is 0.769 bits per heavy atom. The third kappa shape index (κ3) is 7.06. The van der Waals surface area contributed by atoms with Crippen molar-refractivity contribution >= 4 is 0 Å². The molecule has 0 saturated carbocycles. The van der Waals surface area contributed by atoms with Gasteiger partial charge in [-0.15, -0.1) is 0 Å². The first kappa shape index (κ1) is 13.0. The van der Waals surface area contributed by atoms with Crippen LogP contribution in [0.3, 0.4) is 0 Å². The van der Waals surface area contributed by atoms with Crippen molar-refractivity contribution in [3.8, 4) is 0 Å². The molecule has 0 bridgehead atoms. The summed E-state index contributed by atoms with van der Waals surface area (Å²) in [5.74, 6) is 2.56. The topological polar surface area (TPSA) is 9.23 Å². The maximum atomic E-state index is 4.94. The molecule has 80 valence electrons. The molecule has 0 spiro atoms. The summed E-state index contributed by atoms with van der Waals surface area (Å²) in [5, 5.41) is 0. The molecule has 0 amide bonds. The van der Waals surface area contributed by atoms with E-state index in [4.69, 9.17) is 4.74 Å². The third-order valence-electron chi connectivity index (χ3n) is 2.93. The van der Waals surface area contributed by atoms with E-state index >= 15 is 0 Å². The summed E-state index contributed by atoms with van der Waals surface area (Å²) in [7, 11) is 0. The van der Waals surface area contributed by atoms with Gasteiger partial charge in [-0.2, -0.15) is 0 Å². The van der Waals surface area contributed by atoms with Crippen molar-refractivity contribution in [2.24, 2.45) is 17.8 Å². The lowest BCUT2D eigenvalue weighted by Crippen LogP contribution is -2.10. The van der Waals surface area contributed by atoms with Crippen molar-refractivity contribution in [1.82, 2.24) is 0 Å². The molecule has 1 fully saturated rings. The van der Waals surface area contributed by atoms with Crippen LogP contribution in [0.25, 0.3) is 0 Å². The average molecular weight is 186 g/mol. The summed E-state index contributed by atoms with van der Waals surface area (Å²) >= 11 is 0. The Morgan fingerprint density at radius 3 is 1.23 bits per heavy atom. The van der Waals surface area contributed by atoms with Crippen LogP contribution < -0.4 is 0 Å². The van der Waals surface area contributed by atoms with Crippen LogP contribution >= 0.6 is 0 Å². The molecule has 0 atom stereocenters. The zero-order chi connectivity index (χ0) is 10.3. The highest BCUT2D eigenvalue weighted by molar-refractivity contribution is 4.59. The Hall–Kier alpha value is -0.0400. The normalized spacial score (nSPS) is 16.6. The van der Waals surface area contributed by atoms with E-state index in [1.165, 1.54) is 12.8 Å². The van der Waals surface area contributed by atoms with Gasteiger partial charge in [0.1, 0.15) is 0 Å². The zero-order valence-electron chi connectivity index (χ0n) is 9.97. The summed E-state index contributed by atoms with van der Waals surface area (Å²) in [5.41, 5.74) is 0. The molecule has 0 aromatic rings. The van der Waals surface area contributed by atoms with E-state index in [0.29, 0.717) is 0 Å². The molecule has 1 nitrogen and oxygen atoms in total. The van der Waals surface area contributed by atoms with Crippen molar-refractivity contribution in [2.45, 2.75) is 47.5 Å². The monoisotopic (exact) mass is 186 g/mol. The predicted octanol–water partition coefficient (Wildman–Crippen LogP) is 3.73. The van der Waals surface area contributed by atoms with Gasteiger partial charge in [0.2, 0.25) is 0 Å². The zero-order valence-corrected chi connectivity index (χ0v) is 9.97. The highest BCUT2D eigenvalue weighted by Gasteiger charge is 2.09. The molecule has 0 radical (unpaired) electrons. The van der Waals surface area contributed by atoms with E-state index in [1.54, 1.807) is 0 Å². The van der Waals surface area contributed by atoms with Gasteiger partial charge in [0.15, 0.2) is 0 Å². The van der Waals surface area contributed by atoms with Crippen LogP contribution in [0.4, 0.5) is 0 Å². The molecule has 0 unspecified atom stereocenters. The highest BCUT2D eigenvalue weighted by atomic mass is 16.5. The van der Waals surface area contributed by atoms with Crippen LogP contribution in [0.1, 0.15) is 47.5 Å². The second kappa shape index (κ2) is 7.37. The highest BCUT2D eigenvalue weighted by Crippen LogP contribution is 2.18. The quantitative estimate of drug-likeness (QED) is 0.638. The van der Waals surface area contributed by atoms with Gasteiger partial charge in [-0.1, -0.05) is 34.6 Å². The van der Waals surface area contributed by atoms with Crippen molar-refractivity contribution < 1.29 is 4.74 Å². The Morgan fingerprint density at radius 2 is 1.15 bits per heavy atom. The first-order valence-corrected chi connectivity index (χ1v) is 5.63. The lowest BCUT2D eigenvalue weighted by atomic mass is 9.88. The van der Waals surface area contributed by atoms with Gasteiger partial charge in [0, 0.05) is 13.2 Å². The minimum atomic E-state index is 0.843. The molecule has 0 N–H and O–H groups in total. The van der Waals surface area contributed by atoms with Crippen molar-refractivity contribution in [2.75, 3.05) is 13.2 Å². The van der Waals surface area contributed by atoms with E-state index in [1.807, 2.05) is 0 Å². The Balaban J connectivity index is 0.000000243. The Labute approximate surface area is 83.9 Å². The largest absolute Gasteiger partial charge is 0.381 e. The number of hydrogen-bond donors (Lipinski definition) is 0. The molecular weight excluding hydrogens is 160 g/mol. The molecule has 1 rings (SSSR count). The summed E-state index contributed by atoms with van der Waals surface area (Å²) in [6, 6.07) is 0. The van der Waals surface area contributed by atoms with E-state index in [9.17, 15) is 0 Å². The molecular formula is C12H26O. The molecule has 0 aromatic carbocycles. The lowest BCUT2D eigenvalue weighted by Gasteiger charge is -2.18. The lowest BCUT2D eigenvalue weighted by molar-refractivity contribution is 0.198. The molecule has 1 heteroatoms. The molecule has 1 saturated heterocycles. The number of hydrogen-bond acceptors (Lipinski definition) is 1. The first-order chi connectivity index (χ1) is 6.05. The Kier molecular flexibility index (Phi) is 7.35. The SMILES string of the molecule is C1CCOC1.CC(C)C(C)C(C)C. The Bertz CT molecular complexity index is 88.1. The minimum absolute atomic E-state index is 0.843. The number of ether oxygens (including phenoxy) is 1. The maximum Gasteiger partial charge on any atom is 0.0466 e. The molecule has 0 aromatic heterocycles. The second-order valence-corrected chi connectivity index (χ2v) is 4.67. The predicted molar refractivity (Wildman–Crippen MR) is 58.9 cm³/mol. The van der Waals surface area contributed by atoms with Gasteiger partial charge in [0.25, 0.3) is 0 Å². The fraction of sp³-hybridized carbons (Fsp3) is 1.00. The minimum Gasteiger partial charge on any atom is -0.381 e. The van der Waals surface area contributed by atoms with E-state index < -0.39 is 0 Å². The van der Waals surface area contributed by atoms with Crippen LogP contribution in [0.5, 0.6) is 0 Å². The van der Waals surface area contributed by atoms with Gasteiger partial charge < -0.3 is 4.74 Å². The summed E-state index contributed by atoms with van der Waals surface area (Å²) in [4.78, 5) is 0. The van der Waals surface area contributed by atoms with Gasteiger partial charge in [-0.25, -0.2) is 0 Å². The maximum absolute atomic E-state index is 4.94. The van der Waals surface area contributed by atoms with E-state index in [-0.39, 0.29) is 0 Å². The van der Waals surface area contributed by atoms with E-state index in [2.05, 4.69) is 34.6 Å². The summed E-state index contributed by atoms with van der Waals surface area (Å²) in [6.07, 6.45) is 2.56. The van der Waals surface area contributed by atoms with Gasteiger partial charge in [0.05, 0.1) is 0 Å². The smallest absolute Gasteiger partial charge is 0.0466 e. The standard InChI is InChI=1S/C8H18.C4H8O/c1-6(2)8(5)7(3)4;1-2-4-5-3-1/h6-8H,1-5H3;1-4H2. The van der Waals surface area contributed by atoms with Gasteiger partial charge >= 0.3 is 0 Å². The molecule has 1 aliphatic rings. The van der Waals surface area contributed by atoms with Crippen LogP contribution in [0, 0.1) is 17.8 Å². The van der Waals surface area contributed by atoms with Crippen LogP contribution in [0.2, 0.25) is 0 Å². The molecule has 1 aliphatic heterocycles. The average Bonchev–Trinajstić information content (AvgIpc) is 2.59. The molecule has 13 heavy (non-hydrogen) atoms. The summed E-state index contributed by atoms with van der Waals surface area (Å²) in [6.45, 7) is 13.4. The van der Waals surface area contributed by atoms with Crippen molar-refractivity contribution in [3.05, 3.63) is 0 Å². The van der Waals surface area contributed by atoms with Crippen molar-refractivity contribution in [1.29, 1.82) is 0 Å². The second-order valence-electron chi connectivity index (χ2n) is 4.67. The van der Waals surface area contributed by atoms with Crippen molar-refractivity contribution in [3.63, 3.8) is 0 Å². The van der Waals surface area contributed by atoms with Crippen LogP contribution in [-0.2, 0) is 4.74 Å². The third-order valence-corrected chi connectivity index (χ3v) is 2.93. The fourth-order valence-corrected chi connectivity index (χ4v) is 1.28. The van der Waals surface area contributed by atoms with E-state index in [0.717, 1.165) is 31.0 Å². The molecule has 1 heterocycles. The van der Waals surface area contributed by atoms with Crippen LogP contribution in [-0.4, -0.2) is 13.2 Å².